The van der Waals surface area contributed by atoms with E-state index < -0.39 is 14.6 Å². The summed E-state index contributed by atoms with van der Waals surface area (Å²) < 4.78 is 23.3. The molecule has 1 aliphatic rings. The van der Waals surface area contributed by atoms with Gasteiger partial charge >= 0.3 is 0 Å². The zero-order valence-electron chi connectivity index (χ0n) is 12.3. The van der Waals surface area contributed by atoms with E-state index in [1.807, 2.05) is 0 Å². The van der Waals surface area contributed by atoms with Gasteiger partial charge in [0.05, 0.1) is 10.5 Å². The molecule has 0 atom stereocenters. The predicted octanol–water partition coefficient (Wildman–Crippen LogP) is 2.76. The van der Waals surface area contributed by atoms with E-state index in [0.29, 0.717) is 12.6 Å². The Morgan fingerprint density at radius 3 is 2.11 bits per heavy atom. The van der Waals surface area contributed by atoms with E-state index in [2.05, 4.69) is 12.2 Å². The zero-order valence-corrected chi connectivity index (χ0v) is 13.1. The smallest absolute Gasteiger partial charge is 0.156 e. The van der Waals surface area contributed by atoms with Crippen molar-refractivity contribution in [2.75, 3.05) is 12.3 Å². The van der Waals surface area contributed by atoms with E-state index in [-0.39, 0.29) is 5.75 Å². The second kappa shape index (κ2) is 6.38. The molecular formula is C14H29NO2S. The van der Waals surface area contributed by atoms with Gasteiger partial charge in [0.2, 0.25) is 0 Å². The largest absolute Gasteiger partial charge is 0.313 e. The lowest BCUT2D eigenvalue weighted by atomic mass is 9.84. The Kier molecular flexibility index (Phi) is 5.66. The molecule has 1 rings (SSSR count). The molecule has 0 spiro atoms. The molecular weight excluding hydrogens is 246 g/mol. The van der Waals surface area contributed by atoms with Crippen molar-refractivity contribution < 1.29 is 8.42 Å². The summed E-state index contributed by atoms with van der Waals surface area (Å²) in [7, 11) is -2.98. The average Bonchev–Trinajstić information content (AvgIpc) is 2.28. The van der Waals surface area contributed by atoms with Crippen LogP contribution >= 0.6 is 0 Å². The van der Waals surface area contributed by atoms with Gasteiger partial charge in [0.1, 0.15) is 0 Å². The van der Waals surface area contributed by atoms with Gasteiger partial charge in [0.15, 0.2) is 9.84 Å². The number of hydrogen-bond acceptors (Lipinski definition) is 3. The van der Waals surface area contributed by atoms with E-state index in [1.165, 1.54) is 32.1 Å². The van der Waals surface area contributed by atoms with Gasteiger partial charge in [-0.05, 0) is 52.4 Å². The molecule has 3 nitrogen and oxygen atoms in total. The number of rotatable bonds is 5. The highest BCUT2D eigenvalue weighted by molar-refractivity contribution is 7.92. The van der Waals surface area contributed by atoms with E-state index in [1.54, 1.807) is 20.8 Å². The van der Waals surface area contributed by atoms with Gasteiger partial charge in [-0.15, -0.1) is 0 Å². The Morgan fingerprint density at radius 1 is 1.11 bits per heavy atom. The fourth-order valence-electron chi connectivity index (χ4n) is 2.48. The highest BCUT2D eigenvalue weighted by Crippen LogP contribution is 2.26. The molecule has 4 heteroatoms. The first-order chi connectivity index (χ1) is 8.26. The summed E-state index contributed by atoms with van der Waals surface area (Å²) in [5.74, 6) is 1.14. The SMILES string of the molecule is CCC1CCC(NCCS(=O)(=O)C(C)(C)C)CC1. The molecule has 0 unspecified atom stereocenters. The Labute approximate surface area is 113 Å². The third-order valence-electron chi connectivity index (χ3n) is 4.16. The van der Waals surface area contributed by atoms with Gasteiger partial charge in [-0.25, -0.2) is 8.42 Å². The van der Waals surface area contributed by atoms with Crippen LogP contribution < -0.4 is 5.32 Å². The van der Waals surface area contributed by atoms with Crippen LogP contribution in [0.2, 0.25) is 0 Å². The Morgan fingerprint density at radius 2 is 1.67 bits per heavy atom. The molecule has 0 aromatic heterocycles. The Balaban J connectivity index is 2.27. The molecule has 0 amide bonds. The molecule has 1 saturated carbocycles. The minimum atomic E-state index is -2.98. The first-order valence-corrected chi connectivity index (χ1v) is 8.87. The molecule has 108 valence electrons. The van der Waals surface area contributed by atoms with Crippen molar-refractivity contribution in [3.05, 3.63) is 0 Å². The molecule has 0 aliphatic heterocycles. The summed E-state index contributed by atoms with van der Waals surface area (Å²) in [4.78, 5) is 0. The number of hydrogen-bond donors (Lipinski definition) is 1. The van der Waals surface area contributed by atoms with Crippen molar-refractivity contribution in [1.82, 2.24) is 5.32 Å². The second-order valence-electron chi connectivity index (χ2n) is 6.51. The second-order valence-corrected chi connectivity index (χ2v) is 9.37. The zero-order chi connectivity index (χ0) is 13.8. The minimum Gasteiger partial charge on any atom is -0.313 e. The normalized spacial score (nSPS) is 26.2. The fraction of sp³-hybridized carbons (Fsp3) is 1.00. The average molecular weight is 275 g/mol. The number of nitrogens with one attached hydrogen (secondary N) is 1. The standard InChI is InChI=1S/C14H29NO2S/c1-5-12-6-8-13(9-7-12)15-10-11-18(16,17)14(2,3)4/h12-13,15H,5-11H2,1-4H3. The maximum Gasteiger partial charge on any atom is 0.156 e. The van der Waals surface area contributed by atoms with Gasteiger partial charge in [0, 0.05) is 12.6 Å². The molecule has 1 aliphatic carbocycles. The van der Waals surface area contributed by atoms with Crippen molar-refractivity contribution in [1.29, 1.82) is 0 Å². The molecule has 0 saturated heterocycles. The van der Waals surface area contributed by atoms with Gasteiger partial charge in [-0.3, -0.25) is 0 Å². The highest BCUT2D eigenvalue weighted by Gasteiger charge is 2.28. The monoisotopic (exact) mass is 275 g/mol. The quantitative estimate of drug-likeness (QED) is 0.839. The van der Waals surface area contributed by atoms with Crippen LogP contribution in [0.4, 0.5) is 0 Å². The van der Waals surface area contributed by atoms with Gasteiger partial charge < -0.3 is 5.32 Å². The van der Waals surface area contributed by atoms with Crippen molar-refractivity contribution in [2.24, 2.45) is 5.92 Å². The van der Waals surface area contributed by atoms with Crippen LogP contribution in [0.15, 0.2) is 0 Å². The maximum absolute atomic E-state index is 12.0. The highest BCUT2D eigenvalue weighted by atomic mass is 32.2. The Hall–Kier alpha value is -0.0900. The lowest BCUT2D eigenvalue weighted by Gasteiger charge is -2.29. The molecule has 1 N–H and O–H groups in total. The van der Waals surface area contributed by atoms with Gasteiger partial charge in [0.25, 0.3) is 0 Å². The lowest BCUT2D eigenvalue weighted by molar-refractivity contribution is 0.289. The van der Waals surface area contributed by atoms with Gasteiger partial charge in [-0.1, -0.05) is 13.3 Å². The van der Waals surface area contributed by atoms with Crippen molar-refractivity contribution in [2.45, 2.75) is 70.6 Å². The van der Waals surface area contributed by atoms with Crippen LogP contribution in [-0.2, 0) is 9.84 Å². The third-order valence-corrected chi connectivity index (χ3v) is 6.77. The van der Waals surface area contributed by atoms with Gasteiger partial charge in [-0.2, -0.15) is 0 Å². The van der Waals surface area contributed by atoms with E-state index >= 15 is 0 Å². The molecule has 0 aromatic rings. The summed E-state index contributed by atoms with van der Waals surface area (Å²) in [6.45, 7) is 8.17. The van der Waals surface area contributed by atoms with Crippen molar-refractivity contribution in [3.8, 4) is 0 Å². The lowest BCUT2D eigenvalue weighted by Crippen LogP contribution is -2.39. The summed E-state index contributed by atoms with van der Waals surface area (Å²) in [5, 5.41) is 3.42. The van der Waals surface area contributed by atoms with Crippen molar-refractivity contribution >= 4 is 9.84 Å². The molecule has 0 heterocycles. The summed E-state index contributed by atoms with van der Waals surface area (Å²) >= 11 is 0. The topological polar surface area (TPSA) is 46.2 Å². The predicted molar refractivity (Wildman–Crippen MR) is 77.6 cm³/mol. The third kappa shape index (κ3) is 4.54. The minimum absolute atomic E-state index is 0.254. The van der Waals surface area contributed by atoms with Crippen LogP contribution in [-0.4, -0.2) is 31.5 Å². The fourth-order valence-corrected chi connectivity index (χ4v) is 3.48. The van der Waals surface area contributed by atoms with Crippen LogP contribution in [0.1, 0.15) is 59.8 Å². The van der Waals surface area contributed by atoms with E-state index in [4.69, 9.17) is 0 Å². The molecule has 18 heavy (non-hydrogen) atoms. The summed E-state index contributed by atoms with van der Waals surface area (Å²) in [6, 6.07) is 0.531. The molecule has 0 bridgehead atoms. The van der Waals surface area contributed by atoms with Crippen molar-refractivity contribution in [3.63, 3.8) is 0 Å². The first kappa shape index (κ1) is 16.0. The first-order valence-electron chi connectivity index (χ1n) is 7.22. The summed E-state index contributed by atoms with van der Waals surface area (Å²) in [5.41, 5.74) is 0. The van der Waals surface area contributed by atoms with E-state index in [9.17, 15) is 8.42 Å². The molecule has 0 radical (unpaired) electrons. The summed E-state index contributed by atoms with van der Waals surface area (Å²) in [6.07, 6.45) is 6.27. The van der Waals surface area contributed by atoms with Crippen LogP contribution in [0, 0.1) is 5.92 Å². The van der Waals surface area contributed by atoms with E-state index in [0.717, 1.165) is 5.92 Å². The Bertz CT molecular complexity index is 335. The van der Waals surface area contributed by atoms with Crippen LogP contribution in [0.3, 0.4) is 0 Å². The maximum atomic E-state index is 12.0. The van der Waals surface area contributed by atoms with Crippen LogP contribution in [0.5, 0.6) is 0 Å². The molecule has 1 fully saturated rings. The number of sulfone groups is 1. The van der Waals surface area contributed by atoms with Crippen LogP contribution in [0.25, 0.3) is 0 Å². The molecule has 0 aromatic carbocycles.